The van der Waals surface area contributed by atoms with E-state index < -0.39 is 11.9 Å². The molecule has 1 atom stereocenters. The molecule has 52 valence electrons. The number of hydrogen-bond donors (Lipinski definition) is 3. The predicted octanol–water partition coefficient (Wildman–Crippen LogP) is -1.59. The Bertz CT molecular complexity index is 114. The van der Waals surface area contributed by atoms with E-state index in [-0.39, 0.29) is 6.42 Å². The molecule has 0 spiro atoms. The molecule has 0 fully saturated rings. The summed E-state index contributed by atoms with van der Waals surface area (Å²) in [6.07, 6.45) is 0.227. The molecular weight excluding hydrogens is 124 g/mol. The van der Waals surface area contributed by atoms with Gasteiger partial charge < -0.3 is 15.7 Å². The molecule has 0 bridgehead atoms. The lowest BCUT2D eigenvalue weighted by molar-refractivity contribution is -0.122. The first-order valence-electron chi connectivity index (χ1n) is 2.34. The molecular formula is C4H8N2O3. The van der Waals surface area contributed by atoms with Crippen molar-refractivity contribution in [2.75, 3.05) is 0 Å². The minimum atomic E-state index is -0.873. The number of nitrogens with two attached hydrogens (primary N) is 1. The lowest BCUT2D eigenvalue weighted by Gasteiger charge is -2.01. The van der Waals surface area contributed by atoms with Gasteiger partial charge in [0.05, 0.1) is 12.5 Å². The van der Waals surface area contributed by atoms with Crippen molar-refractivity contribution in [3.63, 3.8) is 0 Å². The maximum Gasteiger partial charge on any atom is 0.219 e. The highest BCUT2D eigenvalue weighted by atomic mass is 16.5. The molecule has 9 heavy (non-hydrogen) atoms. The van der Waals surface area contributed by atoms with Gasteiger partial charge in [-0.05, 0) is 0 Å². The standard InChI is InChI=1S/C4H8N2O3/c5-4(8)1-3(2-7)6-9/h2-3,6,9H,1H2,(H2,5,8). The number of primary amides is 1. The van der Waals surface area contributed by atoms with E-state index in [9.17, 15) is 9.59 Å². The van der Waals surface area contributed by atoms with Crippen LogP contribution >= 0.6 is 0 Å². The molecule has 0 aliphatic heterocycles. The van der Waals surface area contributed by atoms with Gasteiger partial charge in [0.1, 0.15) is 6.29 Å². The number of rotatable bonds is 4. The summed E-state index contributed by atoms with van der Waals surface area (Å²) in [4.78, 5) is 19.9. The first-order chi connectivity index (χ1) is 4.20. The fraction of sp³-hybridized carbons (Fsp3) is 0.500. The van der Waals surface area contributed by atoms with Crippen molar-refractivity contribution >= 4 is 12.2 Å². The van der Waals surface area contributed by atoms with Gasteiger partial charge in [0.25, 0.3) is 0 Å². The highest BCUT2D eigenvalue weighted by Gasteiger charge is 2.07. The first kappa shape index (κ1) is 8.06. The highest BCUT2D eigenvalue weighted by molar-refractivity contribution is 5.78. The molecule has 0 radical (unpaired) electrons. The third-order valence-electron chi connectivity index (χ3n) is 0.751. The van der Waals surface area contributed by atoms with E-state index in [2.05, 4.69) is 0 Å². The van der Waals surface area contributed by atoms with Crippen LogP contribution in [0.15, 0.2) is 0 Å². The van der Waals surface area contributed by atoms with Gasteiger partial charge in [-0.3, -0.25) is 4.79 Å². The Morgan fingerprint density at radius 3 is 2.56 bits per heavy atom. The minimum absolute atomic E-state index is 0.181. The van der Waals surface area contributed by atoms with E-state index in [1.807, 2.05) is 0 Å². The van der Waals surface area contributed by atoms with Crippen molar-refractivity contribution in [3.05, 3.63) is 0 Å². The quantitative estimate of drug-likeness (QED) is 0.317. The van der Waals surface area contributed by atoms with E-state index >= 15 is 0 Å². The number of carbonyl (C=O) groups is 2. The van der Waals surface area contributed by atoms with Crippen LogP contribution in [0.4, 0.5) is 0 Å². The van der Waals surface area contributed by atoms with Crippen molar-refractivity contribution in [2.24, 2.45) is 5.73 Å². The lowest BCUT2D eigenvalue weighted by atomic mass is 10.2. The molecule has 5 heteroatoms. The van der Waals surface area contributed by atoms with Crippen LogP contribution in [-0.2, 0) is 9.59 Å². The second-order valence-electron chi connectivity index (χ2n) is 1.54. The summed E-state index contributed by atoms with van der Waals surface area (Å²) in [5.74, 6) is -0.631. The van der Waals surface area contributed by atoms with Crippen LogP contribution in [0, 0.1) is 0 Å². The van der Waals surface area contributed by atoms with Gasteiger partial charge in [-0.15, -0.1) is 0 Å². The Hall–Kier alpha value is -0.940. The van der Waals surface area contributed by atoms with Gasteiger partial charge in [-0.25, -0.2) is 0 Å². The summed E-state index contributed by atoms with van der Waals surface area (Å²) >= 11 is 0. The highest BCUT2D eigenvalue weighted by Crippen LogP contribution is 1.82. The van der Waals surface area contributed by atoms with E-state index in [4.69, 9.17) is 10.9 Å². The molecule has 5 nitrogen and oxygen atoms in total. The molecule has 0 saturated carbocycles. The maximum absolute atomic E-state index is 10.0. The summed E-state index contributed by atoms with van der Waals surface area (Å²) < 4.78 is 0. The Balaban J connectivity index is 3.55. The summed E-state index contributed by atoms with van der Waals surface area (Å²) in [7, 11) is 0. The van der Waals surface area contributed by atoms with Crippen LogP contribution in [0.2, 0.25) is 0 Å². The Morgan fingerprint density at radius 2 is 2.44 bits per heavy atom. The van der Waals surface area contributed by atoms with Gasteiger partial charge >= 0.3 is 0 Å². The predicted molar refractivity (Wildman–Crippen MR) is 28.6 cm³/mol. The molecule has 1 unspecified atom stereocenters. The Labute approximate surface area is 51.8 Å². The van der Waals surface area contributed by atoms with Crippen LogP contribution in [0.3, 0.4) is 0 Å². The molecule has 0 aliphatic rings. The monoisotopic (exact) mass is 132 g/mol. The summed E-state index contributed by atoms with van der Waals surface area (Å²) in [5.41, 5.74) is 6.31. The smallest absolute Gasteiger partial charge is 0.219 e. The molecule has 0 saturated heterocycles. The molecule has 0 heterocycles. The topological polar surface area (TPSA) is 92.4 Å². The van der Waals surface area contributed by atoms with Crippen molar-refractivity contribution in [3.8, 4) is 0 Å². The Morgan fingerprint density at radius 1 is 1.89 bits per heavy atom. The fourth-order valence-corrected chi connectivity index (χ4v) is 0.341. The maximum atomic E-state index is 10.0. The third kappa shape index (κ3) is 3.63. The Kier molecular flexibility index (Phi) is 3.57. The van der Waals surface area contributed by atoms with Gasteiger partial charge in [0.2, 0.25) is 5.91 Å². The largest absolute Gasteiger partial charge is 0.370 e. The van der Waals surface area contributed by atoms with E-state index in [0.29, 0.717) is 6.29 Å². The zero-order chi connectivity index (χ0) is 7.28. The third-order valence-corrected chi connectivity index (χ3v) is 0.751. The molecule has 0 aliphatic carbocycles. The van der Waals surface area contributed by atoms with E-state index in [1.54, 1.807) is 5.48 Å². The molecule has 4 N–H and O–H groups in total. The number of hydrogen-bond acceptors (Lipinski definition) is 4. The molecule has 1 amide bonds. The second kappa shape index (κ2) is 3.99. The van der Waals surface area contributed by atoms with Crippen LogP contribution in [-0.4, -0.2) is 23.4 Å². The SMILES string of the molecule is NC(=O)CC(C=O)NO. The average molecular weight is 132 g/mol. The van der Waals surface area contributed by atoms with Crippen LogP contribution in [0.25, 0.3) is 0 Å². The average Bonchev–Trinajstić information content (AvgIpc) is 1.82. The number of nitrogens with one attached hydrogen (secondary N) is 1. The van der Waals surface area contributed by atoms with Crippen LogP contribution in [0.1, 0.15) is 6.42 Å². The lowest BCUT2D eigenvalue weighted by Crippen LogP contribution is -2.32. The van der Waals surface area contributed by atoms with Gasteiger partial charge in [0.15, 0.2) is 0 Å². The van der Waals surface area contributed by atoms with Crippen molar-refractivity contribution in [1.82, 2.24) is 5.48 Å². The van der Waals surface area contributed by atoms with E-state index in [1.165, 1.54) is 0 Å². The van der Waals surface area contributed by atoms with Crippen molar-refractivity contribution in [1.29, 1.82) is 0 Å². The van der Waals surface area contributed by atoms with Crippen LogP contribution < -0.4 is 11.2 Å². The second-order valence-corrected chi connectivity index (χ2v) is 1.54. The minimum Gasteiger partial charge on any atom is -0.370 e. The van der Waals surface area contributed by atoms with Crippen molar-refractivity contribution in [2.45, 2.75) is 12.5 Å². The van der Waals surface area contributed by atoms with Crippen LogP contribution in [0.5, 0.6) is 0 Å². The van der Waals surface area contributed by atoms with Gasteiger partial charge in [0, 0.05) is 0 Å². The molecule has 0 aromatic rings. The zero-order valence-electron chi connectivity index (χ0n) is 4.70. The van der Waals surface area contributed by atoms with Gasteiger partial charge in [-0.1, -0.05) is 0 Å². The fourth-order valence-electron chi connectivity index (χ4n) is 0.341. The molecule has 0 rings (SSSR count). The zero-order valence-corrected chi connectivity index (χ0v) is 4.70. The number of aldehydes is 1. The summed E-state index contributed by atoms with van der Waals surface area (Å²) in [5, 5.41) is 8.09. The van der Waals surface area contributed by atoms with Gasteiger partial charge in [-0.2, -0.15) is 5.48 Å². The number of carbonyl (C=O) groups excluding carboxylic acids is 2. The number of amides is 1. The normalized spacial score (nSPS) is 12.6. The molecule has 0 aromatic heterocycles. The van der Waals surface area contributed by atoms with Crippen molar-refractivity contribution < 1.29 is 14.8 Å². The van der Waals surface area contributed by atoms with E-state index in [0.717, 1.165) is 0 Å². The first-order valence-corrected chi connectivity index (χ1v) is 2.34. The summed E-state index contributed by atoms with van der Waals surface area (Å²) in [6, 6.07) is -0.873. The number of hydroxylamine groups is 1. The molecule has 0 aromatic carbocycles. The summed E-state index contributed by atoms with van der Waals surface area (Å²) in [6.45, 7) is 0.